The largest absolute Gasteiger partial charge is 0.370 e. The van der Waals surface area contributed by atoms with Gasteiger partial charge in [-0.25, -0.2) is 4.98 Å². The van der Waals surface area contributed by atoms with Crippen LogP contribution in [0.1, 0.15) is 10.5 Å². The number of rotatable bonds is 3. The highest BCUT2D eigenvalue weighted by Gasteiger charge is 2.12. The first-order valence-corrected chi connectivity index (χ1v) is 8.35. The van der Waals surface area contributed by atoms with E-state index in [0.29, 0.717) is 10.8 Å². The van der Waals surface area contributed by atoms with Gasteiger partial charge in [-0.15, -0.1) is 11.3 Å². The van der Waals surface area contributed by atoms with Crippen LogP contribution in [-0.4, -0.2) is 21.8 Å². The molecule has 0 unspecified atom stereocenters. The minimum atomic E-state index is -0.316. The number of guanidine groups is 1. The number of thiazole rings is 1. The summed E-state index contributed by atoms with van der Waals surface area (Å²) in [6.07, 6.45) is 0. The molecule has 0 atom stereocenters. The molecule has 1 amide bonds. The summed E-state index contributed by atoms with van der Waals surface area (Å²) in [7, 11) is 0. The molecule has 0 fully saturated rings. The van der Waals surface area contributed by atoms with E-state index in [2.05, 4.69) is 26.3 Å². The highest BCUT2D eigenvalue weighted by molar-refractivity contribution is 7.13. The molecule has 124 valence electrons. The third-order valence-corrected chi connectivity index (χ3v) is 4.45. The summed E-state index contributed by atoms with van der Waals surface area (Å²) in [4.78, 5) is 23.6. The van der Waals surface area contributed by atoms with Gasteiger partial charge in [-0.05, 0) is 18.2 Å². The Morgan fingerprint density at radius 1 is 1.12 bits per heavy atom. The number of benzene rings is 2. The SMILES string of the molecule is NC(N)=Nc1nc(C(=O)Nc2ccc3c(c2)[nH]c2ccccc23)cs1. The number of nitrogens with two attached hydrogens (primary N) is 2. The van der Waals surface area contributed by atoms with E-state index in [-0.39, 0.29) is 17.6 Å². The van der Waals surface area contributed by atoms with Crippen LogP contribution < -0.4 is 16.8 Å². The van der Waals surface area contributed by atoms with E-state index in [9.17, 15) is 4.79 Å². The van der Waals surface area contributed by atoms with Gasteiger partial charge < -0.3 is 21.8 Å². The first-order chi connectivity index (χ1) is 12.1. The van der Waals surface area contributed by atoms with Crippen LogP contribution in [0, 0.1) is 0 Å². The maximum atomic E-state index is 12.3. The Hall–Kier alpha value is -3.39. The number of carbonyl (C=O) groups excluding carboxylic acids is 1. The van der Waals surface area contributed by atoms with Gasteiger partial charge in [-0.2, -0.15) is 4.99 Å². The Labute approximate surface area is 146 Å². The molecule has 6 N–H and O–H groups in total. The van der Waals surface area contributed by atoms with Crippen LogP contribution in [-0.2, 0) is 0 Å². The van der Waals surface area contributed by atoms with E-state index in [1.165, 1.54) is 11.3 Å². The monoisotopic (exact) mass is 350 g/mol. The number of nitrogens with zero attached hydrogens (tertiary/aromatic N) is 2. The van der Waals surface area contributed by atoms with Gasteiger partial charge in [-0.3, -0.25) is 4.79 Å². The lowest BCUT2D eigenvalue weighted by molar-refractivity contribution is 0.102. The highest BCUT2D eigenvalue weighted by atomic mass is 32.1. The fourth-order valence-corrected chi connectivity index (χ4v) is 3.34. The number of fused-ring (bicyclic) bond motifs is 3. The van der Waals surface area contributed by atoms with Gasteiger partial charge in [0.05, 0.1) is 0 Å². The van der Waals surface area contributed by atoms with E-state index >= 15 is 0 Å². The first kappa shape index (κ1) is 15.2. The maximum absolute atomic E-state index is 12.3. The average Bonchev–Trinajstić information content (AvgIpc) is 3.18. The van der Waals surface area contributed by atoms with E-state index in [1.54, 1.807) is 5.38 Å². The molecule has 8 heteroatoms. The van der Waals surface area contributed by atoms with E-state index in [4.69, 9.17) is 11.5 Å². The molecule has 0 saturated heterocycles. The minimum absolute atomic E-state index is 0.0921. The van der Waals surface area contributed by atoms with Gasteiger partial charge in [0.1, 0.15) is 5.69 Å². The Kier molecular flexibility index (Phi) is 3.58. The Balaban J connectivity index is 1.61. The summed E-state index contributed by atoms with van der Waals surface area (Å²) >= 11 is 1.20. The second-order valence-corrected chi connectivity index (χ2v) is 6.27. The molecule has 2 heterocycles. The predicted molar refractivity (Wildman–Crippen MR) is 101 cm³/mol. The normalized spacial score (nSPS) is 10.9. The third kappa shape index (κ3) is 2.90. The topological polar surface area (TPSA) is 122 Å². The number of aromatic nitrogens is 2. The van der Waals surface area contributed by atoms with Crippen LogP contribution in [0.3, 0.4) is 0 Å². The Bertz CT molecular complexity index is 1120. The molecule has 0 aliphatic rings. The van der Waals surface area contributed by atoms with E-state index in [0.717, 1.165) is 21.8 Å². The lowest BCUT2D eigenvalue weighted by Gasteiger charge is -2.03. The van der Waals surface area contributed by atoms with Crippen LogP contribution in [0.5, 0.6) is 0 Å². The van der Waals surface area contributed by atoms with Crippen molar-refractivity contribution in [2.75, 3.05) is 5.32 Å². The highest BCUT2D eigenvalue weighted by Crippen LogP contribution is 2.27. The second kappa shape index (κ2) is 5.91. The molecule has 2 aromatic carbocycles. The summed E-state index contributed by atoms with van der Waals surface area (Å²) in [5.74, 6) is -0.408. The number of anilines is 1. The smallest absolute Gasteiger partial charge is 0.275 e. The minimum Gasteiger partial charge on any atom is -0.370 e. The van der Waals surface area contributed by atoms with E-state index < -0.39 is 0 Å². The lowest BCUT2D eigenvalue weighted by atomic mass is 10.1. The van der Waals surface area contributed by atoms with Crippen molar-refractivity contribution in [3.8, 4) is 0 Å². The van der Waals surface area contributed by atoms with E-state index in [1.807, 2.05) is 36.4 Å². The summed E-state index contributed by atoms with van der Waals surface area (Å²) in [6, 6.07) is 13.8. The number of carbonyl (C=O) groups is 1. The molecule has 2 aromatic heterocycles. The fraction of sp³-hybridized carbons (Fsp3) is 0. The molecule has 0 aliphatic carbocycles. The molecule has 0 aliphatic heterocycles. The maximum Gasteiger partial charge on any atom is 0.275 e. The van der Waals surface area contributed by atoms with Crippen molar-refractivity contribution in [2.24, 2.45) is 16.5 Å². The lowest BCUT2D eigenvalue weighted by Crippen LogP contribution is -2.21. The number of amides is 1. The molecule has 0 radical (unpaired) electrons. The summed E-state index contributed by atoms with van der Waals surface area (Å²) in [6.45, 7) is 0. The number of aliphatic imine (C=N–C) groups is 1. The zero-order chi connectivity index (χ0) is 17.4. The Morgan fingerprint density at radius 2 is 1.92 bits per heavy atom. The van der Waals surface area contributed by atoms with Crippen molar-refractivity contribution in [1.82, 2.24) is 9.97 Å². The zero-order valence-electron chi connectivity index (χ0n) is 13.0. The van der Waals surface area contributed by atoms with Gasteiger partial charge >= 0.3 is 0 Å². The molecule has 4 aromatic rings. The zero-order valence-corrected chi connectivity index (χ0v) is 13.8. The van der Waals surface area contributed by atoms with Gasteiger partial charge in [0.15, 0.2) is 5.96 Å². The average molecular weight is 350 g/mol. The summed E-state index contributed by atoms with van der Waals surface area (Å²) in [5.41, 5.74) is 13.6. The predicted octanol–water partition coefficient (Wildman–Crippen LogP) is 2.93. The number of aromatic amines is 1. The van der Waals surface area contributed by atoms with Crippen LogP contribution >= 0.6 is 11.3 Å². The second-order valence-electron chi connectivity index (χ2n) is 5.44. The molecule has 0 bridgehead atoms. The number of hydrogen-bond donors (Lipinski definition) is 4. The van der Waals surface area contributed by atoms with Crippen molar-refractivity contribution in [3.63, 3.8) is 0 Å². The molecule has 0 saturated carbocycles. The first-order valence-electron chi connectivity index (χ1n) is 7.47. The van der Waals surface area contributed by atoms with Crippen molar-refractivity contribution in [2.45, 2.75) is 0 Å². The number of nitrogens with one attached hydrogen (secondary N) is 2. The quantitative estimate of drug-likeness (QED) is 0.335. The summed E-state index contributed by atoms with van der Waals surface area (Å²) in [5, 5.41) is 7.05. The van der Waals surface area contributed by atoms with Crippen LogP contribution in [0.25, 0.3) is 21.8 Å². The standard InChI is InChI=1S/C17H14N6OS/c18-16(19)23-17-22-14(8-25-17)15(24)20-9-5-6-11-10-3-1-2-4-12(10)21-13(11)7-9/h1-8,21H,(H,20,24)(H4,18,19,22,23). The van der Waals surface area contributed by atoms with Crippen molar-refractivity contribution in [1.29, 1.82) is 0 Å². The van der Waals surface area contributed by atoms with Crippen molar-refractivity contribution >= 4 is 55.8 Å². The molecule has 4 rings (SSSR count). The van der Waals surface area contributed by atoms with Crippen LogP contribution in [0.2, 0.25) is 0 Å². The third-order valence-electron chi connectivity index (χ3n) is 3.71. The fourth-order valence-electron chi connectivity index (χ4n) is 2.66. The number of para-hydroxylation sites is 1. The molecule has 7 nitrogen and oxygen atoms in total. The Morgan fingerprint density at radius 3 is 2.76 bits per heavy atom. The number of hydrogen-bond acceptors (Lipinski definition) is 4. The van der Waals surface area contributed by atoms with Crippen molar-refractivity contribution < 1.29 is 4.79 Å². The van der Waals surface area contributed by atoms with Crippen molar-refractivity contribution in [3.05, 3.63) is 53.5 Å². The van der Waals surface area contributed by atoms with Crippen LogP contribution in [0.4, 0.5) is 10.8 Å². The van der Waals surface area contributed by atoms with Gasteiger partial charge in [0.25, 0.3) is 5.91 Å². The van der Waals surface area contributed by atoms with Crippen LogP contribution in [0.15, 0.2) is 52.8 Å². The van der Waals surface area contributed by atoms with Gasteiger partial charge in [-0.1, -0.05) is 24.3 Å². The number of H-pyrrole nitrogens is 1. The molecule has 0 spiro atoms. The van der Waals surface area contributed by atoms with Gasteiger partial charge in [0, 0.05) is 32.9 Å². The summed E-state index contributed by atoms with van der Waals surface area (Å²) < 4.78 is 0. The molecular weight excluding hydrogens is 336 g/mol. The van der Waals surface area contributed by atoms with Gasteiger partial charge in [0.2, 0.25) is 5.13 Å². The molecular formula is C17H14N6OS. The molecule has 25 heavy (non-hydrogen) atoms.